The predicted octanol–water partition coefficient (Wildman–Crippen LogP) is 3.49. The summed E-state index contributed by atoms with van der Waals surface area (Å²) in [5.74, 6) is -0.111. The van der Waals surface area contributed by atoms with E-state index in [1.807, 2.05) is 29.2 Å². The first-order valence-electron chi connectivity index (χ1n) is 8.40. The zero-order chi connectivity index (χ0) is 17.8. The lowest BCUT2D eigenvalue weighted by molar-refractivity contribution is -0.133. The predicted molar refractivity (Wildman–Crippen MR) is 98.2 cm³/mol. The summed E-state index contributed by atoms with van der Waals surface area (Å²) in [6.07, 6.45) is 1.11. The number of hydrogen-bond donors (Lipinski definition) is 1. The van der Waals surface area contributed by atoms with Gasteiger partial charge in [0.25, 0.3) is 0 Å². The summed E-state index contributed by atoms with van der Waals surface area (Å²) in [4.78, 5) is 26.2. The summed E-state index contributed by atoms with van der Waals surface area (Å²) in [6, 6.07) is 15.1. The second kappa shape index (κ2) is 7.70. The van der Waals surface area contributed by atoms with Gasteiger partial charge in [-0.2, -0.15) is 0 Å². The third-order valence-electron chi connectivity index (χ3n) is 4.51. The van der Waals surface area contributed by atoms with Crippen LogP contribution in [-0.4, -0.2) is 23.3 Å². The molecule has 1 aliphatic heterocycles. The normalized spacial score (nSPS) is 14.6. The Kier molecular flexibility index (Phi) is 5.39. The van der Waals surface area contributed by atoms with Gasteiger partial charge >= 0.3 is 0 Å². The van der Waals surface area contributed by atoms with E-state index < -0.39 is 0 Å². The second-order valence-corrected chi connectivity index (χ2v) is 6.78. The molecule has 0 spiro atoms. The van der Waals surface area contributed by atoms with Crippen LogP contribution in [0.25, 0.3) is 0 Å². The van der Waals surface area contributed by atoms with E-state index in [1.54, 1.807) is 12.1 Å². The largest absolute Gasteiger partial charge is 0.349 e. The van der Waals surface area contributed by atoms with E-state index in [1.165, 1.54) is 18.1 Å². The van der Waals surface area contributed by atoms with Crippen LogP contribution in [0.3, 0.4) is 0 Å². The fraction of sp³-hybridized carbons (Fsp3) is 0.300. The number of nitrogens with zero attached hydrogens (tertiary/aromatic N) is 1. The van der Waals surface area contributed by atoms with Crippen LogP contribution in [0, 0.1) is 0 Å². The summed E-state index contributed by atoms with van der Waals surface area (Å²) in [6.45, 7) is 2.80. The van der Waals surface area contributed by atoms with Crippen molar-refractivity contribution in [1.29, 1.82) is 0 Å². The van der Waals surface area contributed by atoms with E-state index in [2.05, 4.69) is 17.4 Å². The number of benzene rings is 2. The van der Waals surface area contributed by atoms with Gasteiger partial charge in [0.2, 0.25) is 11.8 Å². The number of nitrogens with one attached hydrogen (secondary N) is 1. The minimum atomic E-state index is -0.348. The maximum Gasteiger partial charge on any atom is 0.225 e. The fourth-order valence-electron chi connectivity index (χ4n) is 3.20. The molecule has 0 aliphatic carbocycles. The van der Waals surface area contributed by atoms with Crippen molar-refractivity contribution in [1.82, 2.24) is 10.2 Å². The summed E-state index contributed by atoms with van der Waals surface area (Å²) in [5.41, 5.74) is 3.39. The third kappa shape index (κ3) is 4.40. The molecule has 3 rings (SSSR count). The molecular weight excluding hydrogens is 336 g/mol. The monoisotopic (exact) mass is 356 g/mol. The Morgan fingerprint density at radius 2 is 1.80 bits per heavy atom. The van der Waals surface area contributed by atoms with Gasteiger partial charge in [-0.05, 0) is 35.2 Å². The molecule has 2 aromatic rings. The average molecular weight is 357 g/mol. The molecule has 0 aromatic heterocycles. The van der Waals surface area contributed by atoms with E-state index in [0.717, 1.165) is 12.0 Å². The topological polar surface area (TPSA) is 49.4 Å². The maximum absolute atomic E-state index is 12.8. The van der Waals surface area contributed by atoms with E-state index >= 15 is 0 Å². The first-order valence-corrected chi connectivity index (χ1v) is 8.78. The molecule has 1 aliphatic rings. The zero-order valence-electron chi connectivity index (χ0n) is 14.2. The van der Waals surface area contributed by atoms with Crippen LogP contribution in [0.1, 0.15) is 36.1 Å². The molecule has 25 heavy (non-hydrogen) atoms. The van der Waals surface area contributed by atoms with Crippen molar-refractivity contribution in [3.63, 3.8) is 0 Å². The van der Waals surface area contributed by atoms with E-state index in [-0.39, 0.29) is 24.3 Å². The number of amides is 2. The Balaban J connectivity index is 1.72. The van der Waals surface area contributed by atoms with Gasteiger partial charge in [-0.3, -0.25) is 9.59 Å². The molecule has 0 radical (unpaired) electrons. The van der Waals surface area contributed by atoms with Crippen molar-refractivity contribution in [3.8, 4) is 0 Å². The van der Waals surface area contributed by atoms with Crippen LogP contribution >= 0.6 is 11.6 Å². The summed E-state index contributed by atoms with van der Waals surface area (Å²) >= 11 is 5.93. The molecule has 1 atom stereocenters. The third-order valence-corrected chi connectivity index (χ3v) is 4.76. The molecule has 130 valence electrons. The van der Waals surface area contributed by atoms with Crippen LogP contribution in [0.5, 0.6) is 0 Å². The molecule has 1 N–H and O–H groups in total. The van der Waals surface area contributed by atoms with Gasteiger partial charge < -0.3 is 10.2 Å². The molecule has 4 nitrogen and oxygen atoms in total. The summed E-state index contributed by atoms with van der Waals surface area (Å²) in [7, 11) is 0. The lowest BCUT2D eigenvalue weighted by Gasteiger charge is -2.30. The molecule has 2 aromatic carbocycles. The van der Waals surface area contributed by atoms with Gasteiger partial charge in [0.15, 0.2) is 0 Å². The molecule has 0 unspecified atom stereocenters. The van der Waals surface area contributed by atoms with Crippen LogP contribution in [0.4, 0.5) is 0 Å². The van der Waals surface area contributed by atoms with Crippen LogP contribution in [0.2, 0.25) is 5.02 Å². The van der Waals surface area contributed by atoms with Gasteiger partial charge in [-0.25, -0.2) is 0 Å². The molecular formula is C20H21ClN2O2. The fourth-order valence-corrected chi connectivity index (χ4v) is 3.33. The minimum absolute atomic E-state index is 0.0446. The summed E-state index contributed by atoms with van der Waals surface area (Å²) < 4.78 is 0. The standard InChI is InChI=1S/C20H21ClN2O2/c1-14(24)22-19(16-6-8-18(21)9-7-16)12-20(25)23-11-10-15-4-2-3-5-17(15)13-23/h2-9,19H,10-13H2,1H3,(H,22,24)/t19-/m0/s1. The average Bonchev–Trinajstić information content (AvgIpc) is 2.61. The highest BCUT2D eigenvalue weighted by molar-refractivity contribution is 6.30. The van der Waals surface area contributed by atoms with Crippen LogP contribution in [0.15, 0.2) is 48.5 Å². The zero-order valence-corrected chi connectivity index (χ0v) is 14.9. The Morgan fingerprint density at radius 3 is 2.48 bits per heavy atom. The second-order valence-electron chi connectivity index (χ2n) is 6.34. The maximum atomic E-state index is 12.8. The van der Waals surface area contributed by atoms with Crippen molar-refractivity contribution >= 4 is 23.4 Å². The smallest absolute Gasteiger partial charge is 0.225 e. The van der Waals surface area contributed by atoms with Gasteiger partial charge in [0.1, 0.15) is 0 Å². The quantitative estimate of drug-likeness (QED) is 0.911. The Labute approximate surface area is 152 Å². The number of carbonyl (C=O) groups excluding carboxylic acids is 2. The molecule has 0 fully saturated rings. The van der Waals surface area contributed by atoms with Crippen molar-refractivity contribution in [2.45, 2.75) is 32.4 Å². The molecule has 0 bridgehead atoms. The van der Waals surface area contributed by atoms with E-state index in [4.69, 9.17) is 11.6 Å². The highest BCUT2D eigenvalue weighted by atomic mass is 35.5. The molecule has 0 saturated carbocycles. The van der Waals surface area contributed by atoms with Gasteiger partial charge in [0, 0.05) is 25.0 Å². The van der Waals surface area contributed by atoms with Crippen molar-refractivity contribution < 1.29 is 9.59 Å². The molecule has 0 saturated heterocycles. The number of fused-ring (bicyclic) bond motifs is 1. The van der Waals surface area contributed by atoms with Crippen LogP contribution in [-0.2, 0) is 22.6 Å². The molecule has 2 amide bonds. The Bertz CT molecular complexity index is 774. The van der Waals surface area contributed by atoms with E-state index in [0.29, 0.717) is 18.1 Å². The summed E-state index contributed by atoms with van der Waals surface area (Å²) in [5, 5.41) is 3.50. The SMILES string of the molecule is CC(=O)N[C@@H](CC(=O)N1CCc2ccccc2C1)c1ccc(Cl)cc1. The molecule has 1 heterocycles. The van der Waals surface area contributed by atoms with Gasteiger partial charge in [-0.15, -0.1) is 0 Å². The number of carbonyl (C=O) groups is 2. The van der Waals surface area contributed by atoms with Gasteiger partial charge in [0.05, 0.1) is 12.5 Å². The van der Waals surface area contributed by atoms with Crippen molar-refractivity contribution in [2.75, 3.05) is 6.54 Å². The Morgan fingerprint density at radius 1 is 1.12 bits per heavy atom. The van der Waals surface area contributed by atoms with E-state index in [9.17, 15) is 9.59 Å². The number of hydrogen-bond acceptors (Lipinski definition) is 2. The Hall–Kier alpha value is -2.33. The minimum Gasteiger partial charge on any atom is -0.349 e. The highest BCUT2D eigenvalue weighted by Crippen LogP contribution is 2.23. The first kappa shape index (κ1) is 17.5. The highest BCUT2D eigenvalue weighted by Gasteiger charge is 2.24. The lowest BCUT2D eigenvalue weighted by Crippen LogP contribution is -2.38. The number of halogens is 1. The van der Waals surface area contributed by atoms with Gasteiger partial charge in [-0.1, -0.05) is 48.0 Å². The lowest BCUT2D eigenvalue weighted by atomic mass is 9.98. The number of rotatable bonds is 4. The van der Waals surface area contributed by atoms with Crippen LogP contribution < -0.4 is 5.32 Å². The van der Waals surface area contributed by atoms with Crippen molar-refractivity contribution in [2.24, 2.45) is 0 Å². The van der Waals surface area contributed by atoms with Crippen molar-refractivity contribution in [3.05, 3.63) is 70.2 Å². The first-order chi connectivity index (χ1) is 12.0. The molecule has 5 heteroatoms.